The molecule has 0 aromatic heterocycles. The number of ether oxygens (including phenoxy) is 2. The van der Waals surface area contributed by atoms with Gasteiger partial charge >= 0.3 is 5.97 Å². The molecule has 0 bridgehead atoms. The van der Waals surface area contributed by atoms with Crippen molar-refractivity contribution in [2.75, 3.05) is 13.7 Å². The third kappa shape index (κ3) is 5.23. The van der Waals surface area contributed by atoms with Crippen LogP contribution in [-0.2, 0) is 14.3 Å². The molecule has 8 heteroatoms. The van der Waals surface area contributed by atoms with E-state index in [-0.39, 0.29) is 35.3 Å². The molecule has 0 spiro atoms. The highest BCUT2D eigenvalue weighted by Gasteiger charge is 2.33. The highest BCUT2D eigenvalue weighted by molar-refractivity contribution is 9.10. The molecule has 0 aliphatic carbocycles. The lowest BCUT2D eigenvalue weighted by molar-refractivity contribution is -0.138. The number of hydrogen-bond acceptors (Lipinski definition) is 6. The molecule has 0 saturated carbocycles. The Hall–Kier alpha value is -2.06. The van der Waals surface area contributed by atoms with Crippen LogP contribution in [-0.4, -0.2) is 35.7 Å². The number of aliphatic imine (C=N–C) groups is 1. The monoisotopic (exact) mass is 453 g/mol. The summed E-state index contributed by atoms with van der Waals surface area (Å²) >= 11 is 4.45. The largest absolute Gasteiger partial charge is 0.506 e. The number of hydrogen-bond donors (Lipinski definition) is 1. The summed E-state index contributed by atoms with van der Waals surface area (Å²) in [7, 11) is 1.54. The predicted octanol–water partition coefficient (Wildman–Crippen LogP) is 4.65. The lowest BCUT2D eigenvalue weighted by Gasteiger charge is -2.06. The number of rotatable bonds is 6. The third-order valence-corrected chi connectivity index (χ3v) is 5.05. The smallest absolute Gasteiger partial charge is 0.344 e. The van der Waals surface area contributed by atoms with Gasteiger partial charge < -0.3 is 14.6 Å². The molecule has 1 aromatic rings. The van der Waals surface area contributed by atoms with E-state index in [0.717, 1.165) is 16.2 Å². The van der Waals surface area contributed by atoms with Crippen LogP contribution in [0, 0.1) is 0 Å². The first-order chi connectivity index (χ1) is 12.9. The van der Waals surface area contributed by atoms with Crippen molar-refractivity contribution in [3.63, 3.8) is 0 Å². The number of carbonyl (C=O) groups excluding carboxylic acids is 2. The Morgan fingerprint density at radius 1 is 1.33 bits per heavy atom. The van der Waals surface area contributed by atoms with Crippen molar-refractivity contribution in [1.82, 2.24) is 0 Å². The second-order valence-corrected chi connectivity index (χ2v) is 7.45. The minimum atomic E-state index is -0.713. The number of halogens is 1. The number of aliphatic hydroxyl groups excluding tert-OH is 1. The summed E-state index contributed by atoms with van der Waals surface area (Å²) in [5.74, 6) is -0.723. The van der Waals surface area contributed by atoms with Gasteiger partial charge in [0.2, 0.25) is 5.91 Å². The number of esters is 1. The van der Waals surface area contributed by atoms with E-state index in [1.165, 1.54) is 0 Å². The van der Waals surface area contributed by atoms with Crippen molar-refractivity contribution in [3.05, 3.63) is 44.5 Å². The molecule has 1 N–H and O–H groups in total. The molecule has 0 atom stereocenters. The van der Waals surface area contributed by atoms with Crippen LogP contribution in [0.1, 0.15) is 32.3 Å². The molecule has 0 radical (unpaired) electrons. The minimum Gasteiger partial charge on any atom is -0.506 e. The second-order valence-electron chi connectivity index (χ2n) is 5.50. The Morgan fingerprint density at radius 3 is 2.70 bits per heavy atom. The Bertz CT molecular complexity index is 845. The molecule has 144 valence electrons. The zero-order valence-electron chi connectivity index (χ0n) is 15.2. The minimum absolute atomic E-state index is 0.0912. The number of nitrogens with zero attached hydrogens (tertiary/aromatic N) is 1. The van der Waals surface area contributed by atoms with Gasteiger partial charge in [0.25, 0.3) is 0 Å². The van der Waals surface area contributed by atoms with Gasteiger partial charge in [-0.15, -0.1) is 0 Å². The van der Waals surface area contributed by atoms with Gasteiger partial charge in [-0.1, -0.05) is 34.6 Å². The topological polar surface area (TPSA) is 85.2 Å². The molecular weight excluding hydrogens is 434 g/mol. The van der Waals surface area contributed by atoms with E-state index in [2.05, 4.69) is 20.9 Å². The van der Waals surface area contributed by atoms with E-state index in [9.17, 15) is 14.7 Å². The standard InChI is InChI=1S/C19H20BrNO5S/c1-4-6-15(22)21-18-16(19(24)26-5-2)17(23)14(27-18)10-11-9-12(20)7-8-13(11)25-3/h7-10,23H,4-6H2,1-3H3/b14-10-,21-18?. The van der Waals surface area contributed by atoms with E-state index in [4.69, 9.17) is 9.47 Å². The van der Waals surface area contributed by atoms with Crippen LogP contribution in [0.4, 0.5) is 0 Å². The lowest BCUT2D eigenvalue weighted by Crippen LogP contribution is -2.14. The lowest BCUT2D eigenvalue weighted by atomic mass is 10.1. The van der Waals surface area contributed by atoms with Gasteiger partial charge in [0.1, 0.15) is 22.1 Å². The van der Waals surface area contributed by atoms with Gasteiger partial charge in [-0.05, 0) is 37.6 Å². The molecule has 1 heterocycles. The molecule has 0 fully saturated rings. The summed E-state index contributed by atoms with van der Waals surface area (Å²) in [6.45, 7) is 3.68. The average Bonchev–Trinajstić information content (AvgIpc) is 2.90. The van der Waals surface area contributed by atoms with E-state index in [1.807, 2.05) is 19.1 Å². The Balaban J connectivity index is 2.51. The predicted molar refractivity (Wildman–Crippen MR) is 110 cm³/mol. The molecule has 1 aliphatic heterocycles. The Morgan fingerprint density at radius 2 is 2.07 bits per heavy atom. The van der Waals surface area contributed by atoms with Gasteiger partial charge in [0.15, 0.2) is 0 Å². The van der Waals surface area contributed by atoms with Crippen LogP contribution >= 0.6 is 27.7 Å². The molecular formula is C19H20BrNO5S. The van der Waals surface area contributed by atoms with Crippen molar-refractivity contribution in [1.29, 1.82) is 0 Å². The van der Waals surface area contributed by atoms with Crippen molar-refractivity contribution in [3.8, 4) is 5.75 Å². The van der Waals surface area contributed by atoms with Crippen LogP contribution in [0.2, 0.25) is 0 Å². The molecule has 2 rings (SSSR count). The first kappa shape index (κ1) is 21.2. The fourth-order valence-electron chi connectivity index (χ4n) is 2.33. The quantitative estimate of drug-likeness (QED) is 0.631. The Kier molecular flexibility index (Phi) is 7.67. The highest BCUT2D eigenvalue weighted by Crippen LogP contribution is 2.40. The van der Waals surface area contributed by atoms with Gasteiger partial charge in [-0.25, -0.2) is 9.79 Å². The number of benzene rings is 1. The number of aliphatic hydroxyl groups is 1. The van der Waals surface area contributed by atoms with Crippen LogP contribution in [0.15, 0.2) is 43.9 Å². The van der Waals surface area contributed by atoms with Crippen molar-refractivity contribution < 1.29 is 24.2 Å². The summed E-state index contributed by atoms with van der Waals surface area (Å²) in [6.07, 6.45) is 2.58. The maximum Gasteiger partial charge on any atom is 0.344 e. The maximum atomic E-state index is 12.3. The first-order valence-electron chi connectivity index (χ1n) is 8.36. The molecule has 1 aliphatic rings. The number of methoxy groups -OCH3 is 1. The molecule has 0 saturated heterocycles. The van der Waals surface area contributed by atoms with Crippen LogP contribution in [0.25, 0.3) is 6.08 Å². The number of carbonyl (C=O) groups is 2. The van der Waals surface area contributed by atoms with Gasteiger partial charge in [0.05, 0.1) is 18.6 Å². The molecule has 27 heavy (non-hydrogen) atoms. The normalized spacial score (nSPS) is 16.9. The summed E-state index contributed by atoms with van der Waals surface area (Å²) in [5, 5.41) is 10.7. The van der Waals surface area contributed by atoms with E-state index >= 15 is 0 Å². The van der Waals surface area contributed by atoms with Gasteiger partial charge in [0, 0.05) is 16.5 Å². The average molecular weight is 454 g/mol. The van der Waals surface area contributed by atoms with Gasteiger partial charge in [-0.2, -0.15) is 0 Å². The van der Waals surface area contributed by atoms with E-state index in [0.29, 0.717) is 22.6 Å². The molecule has 0 unspecified atom stereocenters. The second kappa shape index (κ2) is 9.75. The van der Waals surface area contributed by atoms with Crippen LogP contribution in [0.5, 0.6) is 5.75 Å². The zero-order valence-corrected chi connectivity index (χ0v) is 17.6. The molecule has 1 aromatic carbocycles. The highest BCUT2D eigenvalue weighted by atomic mass is 79.9. The van der Waals surface area contributed by atoms with Crippen molar-refractivity contribution in [2.24, 2.45) is 4.99 Å². The zero-order chi connectivity index (χ0) is 20.0. The van der Waals surface area contributed by atoms with Crippen molar-refractivity contribution in [2.45, 2.75) is 26.7 Å². The molecule has 6 nitrogen and oxygen atoms in total. The summed E-state index contributed by atoms with van der Waals surface area (Å²) in [6, 6.07) is 5.43. The SMILES string of the molecule is CCCC(=O)N=C1S/C(=C\c2cc(Br)ccc2OC)C(O)=C1C(=O)OCC. The molecule has 1 amide bonds. The fraction of sp³-hybridized carbons (Fsp3) is 0.316. The summed E-state index contributed by atoms with van der Waals surface area (Å²) in [5.41, 5.74) is 0.608. The van der Waals surface area contributed by atoms with E-state index in [1.54, 1.807) is 26.2 Å². The van der Waals surface area contributed by atoms with Gasteiger partial charge in [-0.3, -0.25) is 4.79 Å². The maximum absolute atomic E-state index is 12.3. The third-order valence-electron chi connectivity index (χ3n) is 3.54. The van der Waals surface area contributed by atoms with E-state index < -0.39 is 5.97 Å². The number of amides is 1. The summed E-state index contributed by atoms with van der Waals surface area (Å²) in [4.78, 5) is 28.6. The first-order valence-corrected chi connectivity index (χ1v) is 9.97. The van der Waals surface area contributed by atoms with Crippen LogP contribution < -0.4 is 4.74 Å². The van der Waals surface area contributed by atoms with Crippen molar-refractivity contribution >= 4 is 50.7 Å². The summed E-state index contributed by atoms with van der Waals surface area (Å²) < 4.78 is 11.2. The fourth-order valence-corrected chi connectivity index (χ4v) is 3.74. The Labute approximate surface area is 170 Å². The van der Waals surface area contributed by atoms with Crippen LogP contribution in [0.3, 0.4) is 0 Å². The number of thioether (sulfide) groups is 1.